The molecule has 1 saturated carbocycles. The van der Waals surface area contributed by atoms with Crippen LogP contribution in [0.5, 0.6) is 0 Å². The van der Waals surface area contributed by atoms with Crippen molar-refractivity contribution < 1.29 is 18.0 Å². The molecule has 1 aliphatic heterocycles. The van der Waals surface area contributed by atoms with Crippen molar-refractivity contribution in [3.63, 3.8) is 0 Å². The van der Waals surface area contributed by atoms with Crippen molar-refractivity contribution >= 4 is 21.8 Å². The van der Waals surface area contributed by atoms with Crippen molar-refractivity contribution in [2.45, 2.75) is 55.0 Å². The molecule has 0 spiro atoms. The minimum absolute atomic E-state index is 0.0455. The summed E-state index contributed by atoms with van der Waals surface area (Å²) in [6.07, 6.45) is 4.10. The van der Waals surface area contributed by atoms with E-state index in [0.717, 1.165) is 36.8 Å². The first kappa shape index (κ1) is 27.1. The normalized spacial score (nSPS) is 20.9. The van der Waals surface area contributed by atoms with Crippen LogP contribution in [0.3, 0.4) is 0 Å². The number of carbonyl (C=O) groups is 2. The minimum Gasteiger partial charge on any atom is -0.357 e. The molecule has 0 bridgehead atoms. The molecule has 1 unspecified atom stereocenters. The monoisotopic (exact) mass is 545 g/mol. The lowest BCUT2D eigenvalue weighted by atomic mass is 9.95. The number of benzene rings is 3. The van der Waals surface area contributed by atoms with Crippen molar-refractivity contribution in [2.75, 3.05) is 13.6 Å². The van der Waals surface area contributed by atoms with Gasteiger partial charge in [-0.1, -0.05) is 91.7 Å². The number of amides is 2. The maximum atomic E-state index is 14.3. The molecule has 2 aliphatic rings. The van der Waals surface area contributed by atoms with Gasteiger partial charge >= 0.3 is 0 Å². The highest BCUT2D eigenvalue weighted by atomic mass is 32.2. The molecule has 204 valence electrons. The highest BCUT2D eigenvalue weighted by Crippen LogP contribution is 2.38. The van der Waals surface area contributed by atoms with Gasteiger partial charge < -0.3 is 10.6 Å². The molecule has 1 aliphatic carbocycles. The number of hydrogen-bond donors (Lipinski definition) is 2. The third-order valence-electron chi connectivity index (χ3n) is 8.09. The molecule has 3 aromatic carbocycles. The summed E-state index contributed by atoms with van der Waals surface area (Å²) in [5, 5.41) is 5.65. The molecule has 2 N–H and O–H groups in total. The minimum atomic E-state index is -4.06. The molecule has 0 aromatic heterocycles. The molecule has 0 radical (unpaired) electrons. The molecule has 1 saturated heterocycles. The van der Waals surface area contributed by atoms with Gasteiger partial charge in [-0.3, -0.25) is 9.59 Å². The summed E-state index contributed by atoms with van der Waals surface area (Å²) < 4.78 is 30.0. The zero-order valence-corrected chi connectivity index (χ0v) is 22.9. The summed E-state index contributed by atoms with van der Waals surface area (Å²) in [5.41, 5.74) is 2.37. The van der Waals surface area contributed by atoms with Gasteiger partial charge in [-0.2, -0.15) is 4.31 Å². The molecule has 39 heavy (non-hydrogen) atoms. The van der Waals surface area contributed by atoms with Crippen LogP contribution in [0.1, 0.15) is 43.6 Å². The number of likely N-dealkylation sites (N-methyl/N-ethyl adjacent to an activating group) is 1. The third-order valence-corrected chi connectivity index (χ3v) is 10.0. The van der Waals surface area contributed by atoms with Crippen LogP contribution in [0.25, 0.3) is 11.1 Å². The van der Waals surface area contributed by atoms with Crippen LogP contribution >= 0.6 is 0 Å². The highest BCUT2D eigenvalue weighted by Gasteiger charge is 2.46. The lowest BCUT2D eigenvalue weighted by molar-refractivity contribution is -0.131. The second-order valence-electron chi connectivity index (χ2n) is 10.4. The first-order chi connectivity index (χ1) is 18.9. The van der Waals surface area contributed by atoms with E-state index in [4.69, 9.17) is 0 Å². The average Bonchev–Trinajstić information content (AvgIpc) is 3.68. The molecule has 5 rings (SSSR count). The first-order valence-electron chi connectivity index (χ1n) is 13.6. The Labute approximate surface area is 230 Å². The van der Waals surface area contributed by atoms with Gasteiger partial charge in [0.15, 0.2) is 0 Å². The van der Waals surface area contributed by atoms with E-state index in [1.807, 2.05) is 66.7 Å². The second kappa shape index (κ2) is 11.7. The van der Waals surface area contributed by atoms with E-state index in [1.165, 1.54) is 4.31 Å². The van der Waals surface area contributed by atoms with Gasteiger partial charge in [-0.05, 0) is 48.3 Å². The quantitative estimate of drug-likeness (QED) is 0.441. The van der Waals surface area contributed by atoms with Crippen LogP contribution in [0, 0.1) is 5.92 Å². The zero-order valence-electron chi connectivity index (χ0n) is 22.1. The van der Waals surface area contributed by atoms with E-state index in [0.29, 0.717) is 12.0 Å². The molecule has 8 heteroatoms. The predicted molar refractivity (Wildman–Crippen MR) is 151 cm³/mol. The molecular weight excluding hydrogens is 510 g/mol. The maximum absolute atomic E-state index is 14.3. The SMILES string of the molecule is CNC(=O)C(NC(=O)[C@@H]1C[C@@H](c2ccccc2)CN1S(=O)(=O)c1ccccc1-c1ccccc1)C1CCCC1. The van der Waals surface area contributed by atoms with E-state index < -0.39 is 28.0 Å². The number of carbonyl (C=O) groups excluding carboxylic acids is 2. The average molecular weight is 546 g/mol. The van der Waals surface area contributed by atoms with Gasteiger partial charge in [0, 0.05) is 19.2 Å². The lowest BCUT2D eigenvalue weighted by Crippen LogP contribution is -2.54. The summed E-state index contributed by atoms with van der Waals surface area (Å²) in [7, 11) is -2.50. The number of nitrogens with zero attached hydrogens (tertiary/aromatic N) is 1. The van der Waals surface area contributed by atoms with Crippen molar-refractivity contribution in [3.05, 3.63) is 90.5 Å². The molecule has 7 nitrogen and oxygen atoms in total. The fraction of sp³-hybridized carbons (Fsp3) is 0.355. The lowest BCUT2D eigenvalue weighted by Gasteiger charge is -2.28. The van der Waals surface area contributed by atoms with Crippen molar-refractivity contribution in [1.29, 1.82) is 0 Å². The van der Waals surface area contributed by atoms with E-state index in [-0.39, 0.29) is 29.2 Å². The fourth-order valence-electron chi connectivity index (χ4n) is 6.04. The summed E-state index contributed by atoms with van der Waals surface area (Å²) in [5.74, 6) is -0.763. The number of rotatable bonds is 8. The van der Waals surface area contributed by atoms with Gasteiger partial charge in [0.1, 0.15) is 12.1 Å². The van der Waals surface area contributed by atoms with Crippen molar-refractivity contribution in [1.82, 2.24) is 14.9 Å². The highest BCUT2D eigenvalue weighted by molar-refractivity contribution is 7.89. The topological polar surface area (TPSA) is 95.6 Å². The Balaban J connectivity index is 1.51. The predicted octanol–water partition coefficient (Wildman–Crippen LogP) is 4.32. The van der Waals surface area contributed by atoms with Crippen LogP contribution in [0.15, 0.2) is 89.8 Å². The van der Waals surface area contributed by atoms with Gasteiger partial charge in [-0.15, -0.1) is 0 Å². The maximum Gasteiger partial charge on any atom is 0.244 e. The third kappa shape index (κ3) is 5.63. The Morgan fingerprint density at radius 2 is 1.49 bits per heavy atom. The van der Waals surface area contributed by atoms with Crippen molar-refractivity contribution in [3.8, 4) is 11.1 Å². The first-order valence-corrected chi connectivity index (χ1v) is 15.1. The summed E-state index contributed by atoms with van der Waals surface area (Å²) in [4.78, 5) is 26.8. The van der Waals surface area contributed by atoms with Crippen LogP contribution in [0.4, 0.5) is 0 Å². The summed E-state index contributed by atoms with van der Waals surface area (Å²) in [6.45, 7) is 0.182. The Bertz CT molecular complexity index is 1410. The van der Waals surface area contributed by atoms with Gasteiger partial charge in [0.25, 0.3) is 0 Å². The largest absolute Gasteiger partial charge is 0.357 e. The Morgan fingerprint density at radius 1 is 0.872 bits per heavy atom. The molecule has 3 aromatic rings. The molecule has 3 atom stereocenters. The van der Waals surface area contributed by atoms with Gasteiger partial charge in [-0.25, -0.2) is 8.42 Å². The molecule has 2 amide bonds. The fourth-order valence-corrected chi connectivity index (χ4v) is 7.90. The van der Waals surface area contributed by atoms with E-state index >= 15 is 0 Å². The van der Waals surface area contributed by atoms with Crippen molar-refractivity contribution in [2.24, 2.45) is 5.92 Å². The summed E-state index contributed by atoms with van der Waals surface area (Å²) in [6, 6.07) is 24.4. The number of sulfonamides is 1. The number of hydrogen-bond acceptors (Lipinski definition) is 4. The van der Waals surface area contributed by atoms with Gasteiger partial charge in [0.2, 0.25) is 21.8 Å². The Morgan fingerprint density at radius 3 is 2.15 bits per heavy atom. The Kier molecular flexibility index (Phi) is 8.14. The molecule has 1 heterocycles. The summed E-state index contributed by atoms with van der Waals surface area (Å²) >= 11 is 0. The van der Waals surface area contributed by atoms with Gasteiger partial charge in [0.05, 0.1) is 4.90 Å². The van der Waals surface area contributed by atoms with Crippen LogP contribution < -0.4 is 10.6 Å². The van der Waals surface area contributed by atoms with Crippen LogP contribution in [0.2, 0.25) is 0 Å². The molecular formula is C31H35N3O4S. The van der Waals surface area contributed by atoms with Crippen LogP contribution in [-0.2, 0) is 19.6 Å². The standard InChI is InChI=1S/C31H35N3O4S/c1-32-31(36)29(24-16-8-9-17-24)33-30(35)27-20-25(22-12-4-2-5-13-22)21-34(27)39(37,38)28-19-11-10-18-26(28)23-14-6-3-7-15-23/h2-7,10-15,18-19,24-25,27,29H,8-9,16-17,20-21H2,1H3,(H,32,36)(H,33,35)/t25-,27+,29?/m1/s1. The second-order valence-corrected chi connectivity index (χ2v) is 12.3. The van der Waals surface area contributed by atoms with E-state index in [1.54, 1.807) is 25.2 Å². The molecule has 2 fully saturated rings. The Hall–Kier alpha value is -3.49. The van der Waals surface area contributed by atoms with Crippen LogP contribution in [-0.4, -0.2) is 50.2 Å². The van der Waals surface area contributed by atoms with E-state index in [9.17, 15) is 18.0 Å². The smallest absolute Gasteiger partial charge is 0.244 e. The number of nitrogens with one attached hydrogen (secondary N) is 2. The zero-order chi connectivity index (χ0) is 27.4. The van der Waals surface area contributed by atoms with E-state index in [2.05, 4.69) is 10.6 Å².